The van der Waals surface area contributed by atoms with E-state index in [1.54, 1.807) is 18.3 Å². The van der Waals surface area contributed by atoms with Gasteiger partial charge in [-0.05, 0) is 50.2 Å². The molecule has 5 nitrogen and oxygen atoms in total. The van der Waals surface area contributed by atoms with Crippen molar-refractivity contribution < 1.29 is 9.90 Å². The van der Waals surface area contributed by atoms with Crippen LogP contribution in [0.25, 0.3) is 16.7 Å². The Morgan fingerprint density at radius 3 is 2.52 bits per heavy atom. The van der Waals surface area contributed by atoms with E-state index in [9.17, 15) is 9.90 Å². The van der Waals surface area contributed by atoms with Gasteiger partial charge in [-0.15, -0.1) is 0 Å². The number of hydrogen-bond donors (Lipinski definition) is 2. The molecule has 3 heterocycles. The van der Waals surface area contributed by atoms with E-state index in [0.29, 0.717) is 11.3 Å². The van der Waals surface area contributed by atoms with Crippen LogP contribution in [-0.4, -0.2) is 25.6 Å². The predicted octanol–water partition coefficient (Wildman–Crippen LogP) is 4.07. The van der Waals surface area contributed by atoms with Crippen molar-refractivity contribution in [3.63, 3.8) is 0 Å². The van der Waals surface area contributed by atoms with Gasteiger partial charge in [-0.1, -0.05) is 17.9 Å². The molecule has 132 valence electrons. The van der Waals surface area contributed by atoms with Crippen LogP contribution in [0.4, 0.5) is 0 Å². The number of pyridine rings is 1. The van der Waals surface area contributed by atoms with Gasteiger partial charge in [-0.25, -0.2) is 9.78 Å². The minimum Gasteiger partial charge on any atom is -0.478 e. The first-order chi connectivity index (χ1) is 13.1. The van der Waals surface area contributed by atoms with Crippen molar-refractivity contribution in [3.05, 3.63) is 82.9 Å². The zero-order valence-electron chi connectivity index (χ0n) is 14.9. The third-order valence-corrected chi connectivity index (χ3v) is 4.54. The van der Waals surface area contributed by atoms with Crippen LogP contribution in [-0.2, 0) is 0 Å². The van der Waals surface area contributed by atoms with Crippen molar-refractivity contribution in [2.45, 2.75) is 13.8 Å². The molecule has 0 radical (unpaired) electrons. The highest BCUT2D eigenvalue weighted by molar-refractivity contribution is 5.93. The molecule has 0 aliphatic rings. The molecule has 0 atom stereocenters. The summed E-state index contributed by atoms with van der Waals surface area (Å²) >= 11 is 0. The number of rotatable bonds is 2. The first-order valence-electron chi connectivity index (χ1n) is 8.52. The largest absolute Gasteiger partial charge is 0.478 e. The van der Waals surface area contributed by atoms with E-state index >= 15 is 0 Å². The summed E-state index contributed by atoms with van der Waals surface area (Å²) in [5, 5.41) is 10.6. The van der Waals surface area contributed by atoms with E-state index in [2.05, 4.69) is 21.8 Å². The van der Waals surface area contributed by atoms with Gasteiger partial charge in [-0.3, -0.25) is 0 Å². The second-order valence-electron chi connectivity index (χ2n) is 6.31. The lowest BCUT2D eigenvalue weighted by atomic mass is 10.1. The number of aromatic carboxylic acids is 1. The summed E-state index contributed by atoms with van der Waals surface area (Å²) in [4.78, 5) is 19.2. The van der Waals surface area contributed by atoms with Crippen molar-refractivity contribution in [1.82, 2.24) is 14.5 Å². The van der Waals surface area contributed by atoms with Gasteiger partial charge in [0.15, 0.2) is 0 Å². The van der Waals surface area contributed by atoms with Gasteiger partial charge in [0, 0.05) is 34.7 Å². The molecule has 27 heavy (non-hydrogen) atoms. The van der Waals surface area contributed by atoms with Gasteiger partial charge < -0.3 is 14.7 Å². The summed E-state index contributed by atoms with van der Waals surface area (Å²) in [5.74, 6) is 5.35. The van der Waals surface area contributed by atoms with Crippen molar-refractivity contribution in [2.75, 3.05) is 0 Å². The highest BCUT2D eigenvalue weighted by Gasteiger charge is 2.17. The molecule has 3 aromatic heterocycles. The van der Waals surface area contributed by atoms with Crippen molar-refractivity contribution in [3.8, 4) is 17.5 Å². The average molecular weight is 355 g/mol. The molecular weight excluding hydrogens is 338 g/mol. The molecular formula is C22H17N3O2. The fourth-order valence-corrected chi connectivity index (χ4v) is 3.27. The highest BCUT2D eigenvalue weighted by atomic mass is 16.4. The number of hydrogen-bond acceptors (Lipinski definition) is 2. The minimum atomic E-state index is -0.975. The van der Waals surface area contributed by atoms with Gasteiger partial charge in [0.25, 0.3) is 0 Å². The number of aryl methyl sites for hydroxylation is 2. The van der Waals surface area contributed by atoms with Gasteiger partial charge in [0.05, 0.1) is 16.8 Å². The normalized spacial score (nSPS) is 10.6. The van der Waals surface area contributed by atoms with Crippen molar-refractivity contribution in [2.24, 2.45) is 0 Å². The smallest absolute Gasteiger partial charge is 0.337 e. The Bertz CT molecular complexity index is 1220. The number of para-hydroxylation sites is 1. The van der Waals surface area contributed by atoms with Gasteiger partial charge >= 0.3 is 5.97 Å². The summed E-state index contributed by atoms with van der Waals surface area (Å²) in [7, 11) is 0. The Morgan fingerprint density at radius 2 is 1.78 bits per heavy atom. The minimum absolute atomic E-state index is 0.227. The topological polar surface area (TPSA) is 70.9 Å². The molecule has 4 aromatic rings. The lowest BCUT2D eigenvalue weighted by Gasteiger charge is -2.14. The number of carboxylic acid groups (broad SMARTS) is 1. The Morgan fingerprint density at radius 1 is 1.04 bits per heavy atom. The molecule has 0 fully saturated rings. The lowest BCUT2D eigenvalue weighted by Crippen LogP contribution is -2.10. The predicted molar refractivity (Wildman–Crippen MR) is 104 cm³/mol. The molecule has 0 amide bonds. The average Bonchev–Trinajstić information content (AvgIpc) is 3.22. The molecule has 0 saturated heterocycles. The maximum absolute atomic E-state index is 11.8. The molecule has 0 bridgehead atoms. The number of nitrogens with zero attached hydrogens (tertiary/aromatic N) is 2. The van der Waals surface area contributed by atoms with Crippen LogP contribution in [0.2, 0.25) is 0 Å². The summed E-state index contributed by atoms with van der Waals surface area (Å²) in [6.07, 6.45) is 3.54. The Labute approximate surface area is 156 Å². The van der Waals surface area contributed by atoms with Crippen molar-refractivity contribution in [1.29, 1.82) is 0 Å². The van der Waals surface area contributed by atoms with E-state index in [0.717, 1.165) is 28.0 Å². The number of H-pyrrole nitrogens is 1. The second kappa shape index (κ2) is 6.50. The standard InChI is InChI=1S/C22H17N3O2/c1-14-8-9-15(2)25(14)20-16(5-3-6-19(20)22(26)27)10-11-17-13-24-21-18(17)7-4-12-23-21/h3-9,12-13H,1-2H3,(H,23,24)(H,26,27). The van der Waals surface area contributed by atoms with E-state index in [1.807, 2.05) is 54.9 Å². The van der Waals surface area contributed by atoms with E-state index in [-0.39, 0.29) is 5.56 Å². The number of benzene rings is 1. The molecule has 0 saturated carbocycles. The quantitative estimate of drug-likeness (QED) is 0.533. The first-order valence-corrected chi connectivity index (χ1v) is 8.52. The van der Waals surface area contributed by atoms with Crippen molar-refractivity contribution >= 4 is 17.0 Å². The zero-order chi connectivity index (χ0) is 19.0. The number of nitrogens with one attached hydrogen (secondary N) is 1. The summed E-state index contributed by atoms with van der Waals surface area (Å²) in [5.41, 5.74) is 5.00. The lowest BCUT2D eigenvalue weighted by molar-refractivity contribution is 0.0697. The Hall–Kier alpha value is -3.78. The molecule has 0 aliphatic carbocycles. The fourth-order valence-electron chi connectivity index (χ4n) is 3.27. The molecule has 0 aliphatic heterocycles. The second-order valence-corrected chi connectivity index (χ2v) is 6.31. The Balaban J connectivity index is 1.93. The molecule has 0 spiro atoms. The van der Waals surface area contributed by atoms with Crippen LogP contribution < -0.4 is 0 Å². The SMILES string of the molecule is Cc1ccc(C)n1-c1c(C#Cc2c[nH]c3ncccc23)cccc1C(=O)O. The highest BCUT2D eigenvalue weighted by Crippen LogP contribution is 2.24. The number of aromatic nitrogens is 3. The van der Waals surface area contributed by atoms with Gasteiger partial charge in [0.1, 0.15) is 5.65 Å². The maximum atomic E-state index is 11.8. The Kier molecular flexibility index (Phi) is 4.02. The maximum Gasteiger partial charge on any atom is 0.337 e. The molecule has 2 N–H and O–H groups in total. The van der Waals surface area contributed by atoms with Gasteiger partial charge in [0.2, 0.25) is 0 Å². The monoisotopic (exact) mass is 355 g/mol. The van der Waals surface area contributed by atoms with E-state index in [1.165, 1.54) is 0 Å². The number of carboxylic acids is 1. The summed E-state index contributed by atoms with van der Waals surface area (Å²) < 4.78 is 1.93. The van der Waals surface area contributed by atoms with Crippen LogP contribution in [0.1, 0.15) is 32.9 Å². The number of carbonyl (C=O) groups is 1. The summed E-state index contributed by atoms with van der Waals surface area (Å²) in [6.45, 7) is 3.91. The van der Waals surface area contributed by atoms with Gasteiger partial charge in [-0.2, -0.15) is 0 Å². The number of fused-ring (bicyclic) bond motifs is 1. The first kappa shape index (κ1) is 16.7. The van der Waals surface area contributed by atoms with E-state index in [4.69, 9.17) is 0 Å². The van der Waals surface area contributed by atoms with Crippen LogP contribution in [0.5, 0.6) is 0 Å². The third kappa shape index (κ3) is 2.87. The zero-order valence-corrected chi connectivity index (χ0v) is 14.9. The summed E-state index contributed by atoms with van der Waals surface area (Å²) in [6, 6.07) is 12.9. The van der Waals surface area contributed by atoms with Crippen LogP contribution in [0.3, 0.4) is 0 Å². The third-order valence-electron chi connectivity index (χ3n) is 4.54. The number of aromatic amines is 1. The molecule has 0 unspecified atom stereocenters. The van der Waals surface area contributed by atoms with E-state index < -0.39 is 5.97 Å². The van der Waals surface area contributed by atoms with Crippen LogP contribution >= 0.6 is 0 Å². The fraction of sp³-hybridized carbons (Fsp3) is 0.0909. The van der Waals surface area contributed by atoms with Crippen LogP contribution in [0, 0.1) is 25.7 Å². The molecule has 5 heteroatoms. The molecule has 1 aromatic carbocycles. The van der Waals surface area contributed by atoms with Crippen LogP contribution in [0.15, 0.2) is 54.9 Å². The molecule has 4 rings (SSSR count).